The van der Waals surface area contributed by atoms with Crippen LogP contribution in [0.25, 0.3) is 0 Å². The van der Waals surface area contributed by atoms with Gasteiger partial charge in [0.05, 0.1) is 11.5 Å². The molecule has 0 spiro atoms. The molecular weight excluding hydrogens is 384 g/mol. The molecule has 0 atom stereocenters. The molecule has 0 heterocycles. The van der Waals surface area contributed by atoms with E-state index in [-0.39, 0.29) is 29.4 Å². The van der Waals surface area contributed by atoms with Gasteiger partial charge in [0.1, 0.15) is 5.69 Å². The van der Waals surface area contributed by atoms with Gasteiger partial charge in [-0.2, -0.15) is 0 Å². The van der Waals surface area contributed by atoms with Gasteiger partial charge in [0.2, 0.25) is 5.91 Å². The van der Waals surface area contributed by atoms with Crippen molar-refractivity contribution in [2.24, 2.45) is 0 Å². The monoisotopic (exact) mass is 404 g/mol. The largest absolute Gasteiger partial charge is 0.375 e. The summed E-state index contributed by atoms with van der Waals surface area (Å²) < 4.78 is 0. The number of benzene rings is 2. The molecule has 0 fully saturated rings. The molecule has 0 saturated carbocycles. The van der Waals surface area contributed by atoms with Crippen LogP contribution in [0, 0.1) is 10.1 Å². The normalized spacial score (nSPS) is 10.2. The molecule has 0 unspecified atom stereocenters. The van der Waals surface area contributed by atoms with Crippen molar-refractivity contribution in [2.45, 2.75) is 19.9 Å². The van der Waals surface area contributed by atoms with Crippen LogP contribution in [0.4, 0.5) is 11.4 Å². The van der Waals surface area contributed by atoms with Crippen molar-refractivity contribution >= 4 is 34.8 Å². The number of anilines is 1. The topological polar surface area (TPSA) is 113 Å². The van der Waals surface area contributed by atoms with Gasteiger partial charge in [-0.25, -0.2) is 0 Å². The van der Waals surface area contributed by atoms with Crippen LogP contribution < -0.4 is 16.0 Å². The fourth-order valence-corrected chi connectivity index (χ4v) is 2.60. The number of nitro benzene ring substituents is 1. The van der Waals surface area contributed by atoms with Gasteiger partial charge < -0.3 is 16.0 Å². The van der Waals surface area contributed by atoms with Crippen LogP contribution in [0.3, 0.4) is 0 Å². The van der Waals surface area contributed by atoms with Gasteiger partial charge in [0, 0.05) is 29.7 Å². The van der Waals surface area contributed by atoms with Crippen LogP contribution in [-0.2, 0) is 11.3 Å². The molecular formula is C19H21ClN4O4. The first-order valence-electron chi connectivity index (χ1n) is 8.73. The van der Waals surface area contributed by atoms with Gasteiger partial charge in [-0.15, -0.1) is 0 Å². The molecule has 0 bridgehead atoms. The molecule has 2 amide bonds. The van der Waals surface area contributed by atoms with E-state index in [0.29, 0.717) is 18.1 Å². The third kappa shape index (κ3) is 5.95. The number of nitro groups is 1. The van der Waals surface area contributed by atoms with Gasteiger partial charge >= 0.3 is 0 Å². The fraction of sp³-hybridized carbons (Fsp3) is 0.263. The predicted octanol–water partition coefficient (Wildman–Crippen LogP) is 3.12. The van der Waals surface area contributed by atoms with E-state index in [1.165, 1.54) is 18.2 Å². The molecule has 0 saturated heterocycles. The number of hydrogen-bond donors (Lipinski definition) is 3. The zero-order chi connectivity index (χ0) is 20.5. The van der Waals surface area contributed by atoms with E-state index in [2.05, 4.69) is 16.0 Å². The third-order valence-electron chi connectivity index (χ3n) is 3.87. The van der Waals surface area contributed by atoms with Crippen molar-refractivity contribution in [1.82, 2.24) is 10.6 Å². The Bertz CT molecular complexity index is 873. The molecule has 0 aliphatic carbocycles. The quantitative estimate of drug-likeness (QED) is 0.439. The number of hydrogen-bond acceptors (Lipinski definition) is 5. The number of amides is 2. The van der Waals surface area contributed by atoms with Crippen LogP contribution in [0.5, 0.6) is 0 Å². The number of nitrogens with one attached hydrogen (secondary N) is 3. The minimum absolute atomic E-state index is 0.0956. The molecule has 8 nitrogen and oxygen atoms in total. The average molecular weight is 405 g/mol. The lowest BCUT2D eigenvalue weighted by Crippen LogP contribution is -2.37. The maximum Gasteiger partial charge on any atom is 0.293 e. The molecule has 0 aliphatic heterocycles. The van der Waals surface area contributed by atoms with Crippen molar-refractivity contribution in [3.8, 4) is 0 Å². The van der Waals surface area contributed by atoms with Crippen molar-refractivity contribution in [2.75, 3.05) is 18.4 Å². The van der Waals surface area contributed by atoms with Gasteiger partial charge in [-0.1, -0.05) is 36.7 Å². The van der Waals surface area contributed by atoms with E-state index in [4.69, 9.17) is 11.6 Å². The van der Waals surface area contributed by atoms with Gasteiger partial charge in [0.25, 0.3) is 11.6 Å². The van der Waals surface area contributed by atoms with Crippen molar-refractivity contribution in [3.05, 3.63) is 68.7 Å². The highest BCUT2D eigenvalue weighted by atomic mass is 35.5. The minimum atomic E-state index is -0.570. The summed E-state index contributed by atoms with van der Waals surface area (Å²) in [5, 5.41) is 20.0. The molecule has 28 heavy (non-hydrogen) atoms. The standard InChI is InChI=1S/C19H21ClN4O4/c1-2-9-21-18(25)12-23-19(26)13-7-8-16(17(10-13)24(27)28)22-11-14-5-3-4-6-15(14)20/h3-8,10,22H,2,9,11-12H2,1H3,(H,21,25)(H,23,26). The van der Waals surface area contributed by atoms with Crippen LogP contribution in [0.15, 0.2) is 42.5 Å². The Morgan fingerprint density at radius 2 is 1.89 bits per heavy atom. The van der Waals surface area contributed by atoms with Crippen LogP contribution in [0.1, 0.15) is 29.3 Å². The van der Waals surface area contributed by atoms with Crippen molar-refractivity contribution in [3.63, 3.8) is 0 Å². The van der Waals surface area contributed by atoms with Crippen LogP contribution in [0.2, 0.25) is 5.02 Å². The number of halogens is 1. The summed E-state index contributed by atoms with van der Waals surface area (Å²) in [6.45, 7) is 2.54. The molecule has 2 aromatic rings. The smallest absolute Gasteiger partial charge is 0.293 e. The van der Waals surface area contributed by atoms with E-state index in [1.807, 2.05) is 19.1 Å². The average Bonchev–Trinajstić information content (AvgIpc) is 2.69. The van der Waals surface area contributed by atoms with E-state index < -0.39 is 10.8 Å². The lowest BCUT2D eigenvalue weighted by molar-refractivity contribution is -0.384. The highest BCUT2D eigenvalue weighted by molar-refractivity contribution is 6.31. The van der Waals surface area contributed by atoms with Crippen molar-refractivity contribution in [1.29, 1.82) is 0 Å². The third-order valence-corrected chi connectivity index (χ3v) is 4.23. The maximum atomic E-state index is 12.2. The summed E-state index contributed by atoms with van der Waals surface area (Å²) in [4.78, 5) is 34.6. The first-order chi connectivity index (χ1) is 13.4. The Hall–Kier alpha value is -3.13. The summed E-state index contributed by atoms with van der Waals surface area (Å²) in [6, 6.07) is 11.3. The van der Waals surface area contributed by atoms with E-state index in [9.17, 15) is 19.7 Å². The van der Waals surface area contributed by atoms with Gasteiger partial charge in [-0.3, -0.25) is 19.7 Å². The Kier molecular flexibility index (Phi) is 7.76. The summed E-state index contributed by atoms with van der Waals surface area (Å²) in [5.74, 6) is -0.880. The molecule has 2 rings (SSSR count). The van der Waals surface area contributed by atoms with E-state index >= 15 is 0 Å². The molecule has 148 valence electrons. The van der Waals surface area contributed by atoms with Gasteiger partial charge in [-0.05, 0) is 30.2 Å². The maximum absolute atomic E-state index is 12.2. The Morgan fingerprint density at radius 3 is 2.57 bits per heavy atom. The summed E-state index contributed by atoms with van der Waals surface area (Å²) in [5.41, 5.74) is 0.911. The Morgan fingerprint density at radius 1 is 1.14 bits per heavy atom. The highest BCUT2D eigenvalue weighted by Crippen LogP contribution is 2.27. The molecule has 9 heteroatoms. The highest BCUT2D eigenvalue weighted by Gasteiger charge is 2.18. The second kappa shape index (κ2) is 10.3. The lowest BCUT2D eigenvalue weighted by Gasteiger charge is -2.10. The zero-order valence-corrected chi connectivity index (χ0v) is 16.1. The summed E-state index contributed by atoms with van der Waals surface area (Å²) in [7, 11) is 0. The Balaban J connectivity index is 2.07. The minimum Gasteiger partial charge on any atom is -0.375 e. The zero-order valence-electron chi connectivity index (χ0n) is 15.3. The SMILES string of the molecule is CCCNC(=O)CNC(=O)c1ccc(NCc2ccccc2Cl)c([N+](=O)[O-])c1. The summed E-state index contributed by atoms with van der Waals surface area (Å²) in [6.07, 6.45) is 0.786. The van der Waals surface area contributed by atoms with Gasteiger partial charge in [0.15, 0.2) is 0 Å². The molecule has 0 aliphatic rings. The predicted molar refractivity (Wildman–Crippen MR) is 108 cm³/mol. The van der Waals surface area contributed by atoms with Crippen LogP contribution in [-0.4, -0.2) is 29.8 Å². The molecule has 3 N–H and O–H groups in total. The Labute approximate surface area is 167 Å². The van der Waals surface area contributed by atoms with E-state index in [1.54, 1.807) is 12.1 Å². The van der Waals surface area contributed by atoms with Crippen LogP contribution >= 0.6 is 11.6 Å². The van der Waals surface area contributed by atoms with E-state index in [0.717, 1.165) is 12.0 Å². The summed E-state index contributed by atoms with van der Waals surface area (Å²) >= 11 is 6.09. The second-order valence-corrected chi connectivity index (χ2v) is 6.37. The number of carbonyl (C=O) groups is 2. The fourth-order valence-electron chi connectivity index (χ4n) is 2.40. The first-order valence-corrected chi connectivity index (χ1v) is 9.10. The van der Waals surface area contributed by atoms with Crippen molar-refractivity contribution < 1.29 is 14.5 Å². The number of carbonyl (C=O) groups excluding carboxylic acids is 2. The second-order valence-electron chi connectivity index (χ2n) is 5.97. The molecule has 0 aromatic heterocycles. The lowest BCUT2D eigenvalue weighted by atomic mass is 10.1. The molecule has 0 radical (unpaired) electrons. The first kappa shape index (κ1) is 21.2. The number of nitrogens with zero attached hydrogens (tertiary/aromatic N) is 1. The number of rotatable bonds is 9. The molecule has 2 aromatic carbocycles.